The van der Waals surface area contributed by atoms with E-state index in [1.807, 2.05) is 26.0 Å². The molecular weight excluding hydrogens is 190 g/mol. The van der Waals surface area contributed by atoms with Gasteiger partial charge in [0.1, 0.15) is 0 Å². The topological polar surface area (TPSA) is 12.9 Å². The second kappa shape index (κ2) is 2.71. The summed E-state index contributed by atoms with van der Waals surface area (Å²) in [7, 11) is 0. The molecule has 2 rings (SSSR count). The van der Waals surface area contributed by atoms with Gasteiger partial charge in [0.05, 0.1) is 15.2 Å². The molecule has 2 aromatic rings. The molecule has 0 amide bonds. The number of halogens is 1. The van der Waals surface area contributed by atoms with E-state index in [1.54, 1.807) is 11.3 Å². The first-order valence-electron chi connectivity index (χ1n) is 3.70. The molecule has 1 aromatic carbocycles. The lowest BCUT2D eigenvalue weighted by Gasteiger charge is -1.94. The molecule has 0 saturated carbocycles. The number of hydrogen-bond acceptors (Lipinski definition) is 2. The van der Waals surface area contributed by atoms with Crippen molar-refractivity contribution in [2.75, 3.05) is 0 Å². The molecule has 12 heavy (non-hydrogen) atoms. The van der Waals surface area contributed by atoms with Crippen molar-refractivity contribution < 1.29 is 0 Å². The van der Waals surface area contributed by atoms with Crippen molar-refractivity contribution in [3.05, 3.63) is 27.7 Å². The molecule has 62 valence electrons. The average molecular weight is 198 g/mol. The van der Waals surface area contributed by atoms with Gasteiger partial charge in [0.25, 0.3) is 0 Å². The third-order valence-corrected chi connectivity index (χ3v) is 2.89. The van der Waals surface area contributed by atoms with Crippen molar-refractivity contribution in [2.45, 2.75) is 13.8 Å². The van der Waals surface area contributed by atoms with Crippen molar-refractivity contribution in [1.82, 2.24) is 4.98 Å². The maximum absolute atomic E-state index is 5.91. The summed E-state index contributed by atoms with van der Waals surface area (Å²) in [5, 5.41) is 1.89. The fourth-order valence-electron chi connectivity index (χ4n) is 1.27. The van der Waals surface area contributed by atoms with Gasteiger partial charge in [-0.15, -0.1) is 11.3 Å². The largest absolute Gasteiger partial charge is 0.241 e. The summed E-state index contributed by atoms with van der Waals surface area (Å²) in [6, 6.07) is 3.91. The third-order valence-electron chi connectivity index (χ3n) is 1.76. The number of fused-ring (bicyclic) bond motifs is 1. The molecule has 0 fully saturated rings. The Morgan fingerprint density at radius 3 is 2.83 bits per heavy atom. The molecule has 1 heterocycles. The molecule has 0 aliphatic heterocycles. The Bertz CT molecular complexity index is 433. The van der Waals surface area contributed by atoms with Crippen molar-refractivity contribution in [1.29, 1.82) is 0 Å². The zero-order valence-corrected chi connectivity index (χ0v) is 8.46. The van der Waals surface area contributed by atoms with Crippen LogP contribution in [0.3, 0.4) is 0 Å². The van der Waals surface area contributed by atoms with Gasteiger partial charge in [-0.2, -0.15) is 0 Å². The van der Waals surface area contributed by atoms with E-state index in [-0.39, 0.29) is 0 Å². The molecule has 0 unspecified atom stereocenters. The van der Waals surface area contributed by atoms with Crippen LogP contribution in [0.1, 0.15) is 10.6 Å². The highest BCUT2D eigenvalue weighted by Crippen LogP contribution is 2.27. The monoisotopic (exact) mass is 197 g/mol. The lowest BCUT2D eigenvalue weighted by Crippen LogP contribution is -1.76. The van der Waals surface area contributed by atoms with Crippen molar-refractivity contribution in [3.63, 3.8) is 0 Å². The van der Waals surface area contributed by atoms with E-state index in [9.17, 15) is 0 Å². The third kappa shape index (κ3) is 1.21. The van der Waals surface area contributed by atoms with Crippen molar-refractivity contribution >= 4 is 33.2 Å². The van der Waals surface area contributed by atoms with Gasteiger partial charge in [-0.05, 0) is 31.5 Å². The number of aryl methyl sites for hydroxylation is 2. The first kappa shape index (κ1) is 8.02. The highest BCUT2D eigenvalue weighted by Gasteiger charge is 2.03. The van der Waals surface area contributed by atoms with Gasteiger partial charge in [-0.25, -0.2) is 4.98 Å². The van der Waals surface area contributed by atoms with Crippen LogP contribution >= 0.6 is 22.9 Å². The number of nitrogens with zero attached hydrogens (tertiary/aromatic N) is 1. The summed E-state index contributed by atoms with van der Waals surface area (Å²) >= 11 is 7.60. The van der Waals surface area contributed by atoms with E-state index in [0.717, 1.165) is 21.1 Å². The normalized spacial score (nSPS) is 10.9. The fourth-order valence-corrected chi connectivity index (χ4v) is 2.55. The number of aromatic nitrogens is 1. The second-order valence-electron chi connectivity index (χ2n) is 2.80. The Morgan fingerprint density at radius 1 is 1.33 bits per heavy atom. The van der Waals surface area contributed by atoms with Crippen LogP contribution in [-0.4, -0.2) is 4.98 Å². The minimum atomic E-state index is 0.795. The van der Waals surface area contributed by atoms with Gasteiger partial charge < -0.3 is 0 Å². The van der Waals surface area contributed by atoms with E-state index >= 15 is 0 Å². The zero-order chi connectivity index (χ0) is 8.72. The standard InChI is InChI=1S/C9H8ClNS/c1-5-3-7(10)4-8-9(5)11-6(2)12-8/h3-4H,1-2H3. The van der Waals surface area contributed by atoms with Crippen molar-refractivity contribution in [2.24, 2.45) is 0 Å². The Balaban J connectivity index is 2.88. The number of benzene rings is 1. The quantitative estimate of drug-likeness (QED) is 0.629. The van der Waals surface area contributed by atoms with E-state index in [4.69, 9.17) is 11.6 Å². The Kier molecular flexibility index (Phi) is 1.81. The molecule has 0 atom stereocenters. The number of rotatable bonds is 0. The molecule has 0 saturated heterocycles. The van der Waals surface area contributed by atoms with Gasteiger partial charge >= 0.3 is 0 Å². The predicted octanol–water partition coefficient (Wildman–Crippen LogP) is 3.57. The lowest BCUT2D eigenvalue weighted by molar-refractivity contribution is 1.32. The summed E-state index contributed by atoms with van der Waals surface area (Å²) in [5.74, 6) is 0. The predicted molar refractivity (Wildman–Crippen MR) is 54.1 cm³/mol. The van der Waals surface area contributed by atoms with Crippen LogP contribution in [-0.2, 0) is 0 Å². The zero-order valence-electron chi connectivity index (χ0n) is 6.89. The molecular formula is C9H8ClNS. The molecule has 0 spiro atoms. The summed E-state index contributed by atoms with van der Waals surface area (Å²) in [6.07, 6.45) is 0. The molecule has 0 aliphatic rings. The first-order chi connectivity index (χ1) is 5.66. The molecule has 0 radical (unpaired) electrons. The fraction of sp³-hybridized carbons (Fsp3) is 0.222. The van der Waals surface area contributed by atoms with Gasteiger partial charge in [0.2, 0.25) is 0 Å². The average Bonchev–Trinajstić information content (AvgIpc) is 2.29. The molecule has 1 aromatic heterocycles. The maximum atomic E-state index is 5.91. The van der Waals surface area contributed by atoms with Gasteiger partial charge in [0, 0.05) is 5.02 Å². The van der Waals surface area contributed by atoms with E-state index in [1.165, 1.54) is 4.70 Å². The SMILES string of the molecule is Cc1nc2c(C)cc(Cl)cc2s1. The summed E-state index contributed by atoms with van der Waals surface area (Å²) in [6.45, 7) is 4.05. The van der Waals surface area contributed by atoms with E-state index < -0.39 is 0 Å². The molecule has 3 heteroatoms. The van der Waals surface area contributed by atoms with Crippen LogP contribution < -0.4 is 0 Å². The minimum Gasteiger partial charge on any atom is -0.241 e. The van der Waals surface area contributed by atoms with E-state index in [0.29, 0.717) is 0 Å². The van der Waals surface area contributed by atoms with Crippen LogP contribution in [0.25, 0.3) is 10.2 Å². The molecule has 0 N–H and O–H groups in total. The number of hydrogen-bond donors (Lipinski definition) is 0. The smallest absolute Gasteiger partial charge is 0.0907 e. The minimum absolute atomic E-state index is 0.795. The van der Waals surface area contributed by atoms with Gasteiger partial charge in [0.15, 0.2) is 0 Å². The summed E-state index contributed by atoms with van der Waals surface area (Å²) < 4.78 is 1.18. The van der Waals surface area contributed by atoms with Crippen LogP contribution in [0.5, 0.6) is 0 Å². The van der Waals surface area contributed by atoms with E-state index in [2.05, 4.69) is 4.98 Å². The maximum Gasteiger partial charge on any atom is 0.0907 e. The molecule has 0 bridgehead atoms. The summed E-state index contributed by atoms with van der Waals surface area (Å²) in [5.41, 5.74) is 2.24. The van der Waals surface area contributed by atoms with Crippen LogP contribution in [0, 0.1) is 13.8 Å². The Labute approximate surface area is 80.0 Å². The Morgan fingerprint density at radius 2 is 2.08 bits per heavy atom. The van der Waals surface area contributed by atoms with Crippen molar-refractivity contribution in [3.8, 4) is 0 Å². The highest BCUT2D eigenvalue weighted by atomic mass is 35.5. The lowest BCUT2D eigenvalue weighted by atomic mass is 10.2. The highest BCUT2D eigenvalue weighted by molar-refractivity contribution is 7.18. The first-order valence-corrected chi connectivity index (χ1v) is 4.89. The van der Waals surface area contributed by atoms with Gasteiger partial charge in [-0.1, -0.05) is 11.6 Å². The van der Waals surface area contributed by atoms with Crippen LogP contribution in [0.4, 0.5) is 0 Å². The Hall–Kier alpha value is -0.600. The molecule has 0 aliphatic carbocycles. The van der Waals surface area contributed by atoms with Crippen LogP contribution in [0.2, 0.25) is 5.02 Å². The van der Waals surface area contributed by atoms with Crippen LogP contribution in [0.15, 0.2) is 12.1 Å². The summed E-state index contributed by atoms with van der Waals surface area (Å²) in [4.78, 5) is 4.41. The second-order valence-corrected chi connectivity index (χ2v) is 4.47. The number of thiazole rings is 1. The molecule has 1 nitrogen and oxygen atoms in total. The van der Waals surface area contributed by atoms with Gasteiger partial charge in [-0.3, -0.25) is 0 Å².